The Bertz CT molecular complexity index is 871. The number of methoxy groups -OCH3 is 1. The van der Waals surface area contributed by atoms with Crippen molar-refractivity contribution < 1.29 is 14.3 Å². The molecule has 0 aliphatic heterocycles. The summed E-state index contributed by atoms with van der Waals surface area (Å²) < 4.78 is 5.33. The summed E-state index contributed by atoms with van der Waals surface area (Å²) in [7, 11) is 5.56. The van der Waals surface area contributed by atoms with Gasteiger partial charge in [-0.2, -0.15) is 0 Å². The lowest BCUT2D eigenvalue weighted by molar-refractivity contribution is -0.124. The summed E-state index contributed by atoms with van der Waals surface area (Å²) in [4.78, 5) is 27.8. The van der Waals surface area contributed by atoms with Crippen molar-refractivity contribution in [1.82, 2.24) is 15.5 Å². The van der Waals surface area contributed by atoms with Crippen LogP contribution in [0.5, 0.6) is 5.75 Å². The maximum absolute atomic E-state index is 13.1. The van der Waals surface area contributed by atoms with Gasteiger partial charge in [0.05, 0.1) is 13.2 Å². The van der Waals surface area contributed by atoms with Crippen molar-refractivity contribution in [2.45, 2.75) is 32.4 Å². The van der Waals surface area contributed by atoms with Gasteiger partial charge in [-0.1, -0.05) is 44.0 Å². The number of carbonyl (C=O) groups excluding carboxylic acids is 2. The van der Waals surface area contributed by atoms with Gasteiger partial charge < -0.3 is 20.3 Å². The minimum atomic E-state index is -0.638. The number of amides is 2. The summed E-state index contributed by atoms with van der Waals surface area (Å²) in [6.07, 6.45) is 0.756. The molecule has 0 fully saturated rings. The Labute approximate surface area is 189 Å². The minimum absolute atomic E-state index is 0.0223. The van der Waals surface area contributed by atoms with E-state index in [1.807, 2.05) is 57.1 Å². The Kier molecular flexibility index (Phi) is 9.34. The second-order valence-electron chi connectivity index (χ2n) is 7.84. The SMILES string of the molecule is CCC(C)C(NC(=O)c1ccc(Cl)cc1)C(=O)NCC(c1cccc(OC)c1)N(C)C. The van der Waals surface area contributed by atoms with Crippen molar-refractivity contribution in [1.29, 1.82) is 0 Å². The van der Waals surface area contributed by atoms with Crippen LogP contribution in [-0.4, -0.2) is 50.5 Å². The molecule has 0 saturated heterocycles. The molecule has 3 atom stereocenters. The summed E-state index contributed by atoms with van der Waals surface area (Å²) in [6, 6.07) is 13.7. The number of rotatable bonds is 10. The average molecular weight is 446 g/mol. The molecule has 2 rings (SSSR count). The van der Waals surface area contributed by atoms with E-state index in [0.29, 0.717) is 17.1 Å². The molecule has 168 valence electrons. The summed E-state index contributed by atoms with van der Waals surface area (Å²) in [6.45, 7) is 4.36. The van der Waals surface area contributed by atoms with Gasteiger partial charge in [0.1, 0.15) is 11.8 Å². The van der Waals surface area contributed by atoms with Gasteiger partial charge in [0.15, 0.2) is 0 Å². The molecule has 0 heterocycles. The normalized spacial score (nSPS) is 13.9. The number of nitrogens with zero attached hydrogens (tertiary/aromatic N) is 1. The van der Waals surface area contributed by atoms with Crippen molar-refractivity contribution >= 4 is 23.4 Å². The maximum Gasteiger partial charge on any atom is 0.251 e. The third kappa shape index (κ3) is 6.97. The second-order valence-corrected chi connectivity index (χ2v) is 8.28. The zero-order valence-electron chi connectivity index (χ0n) is 18.8. The van der Waals surface area contributed by atoms with Crippen LogP contribution in [0.2, 0.25) is 5.02 Å². The van der Waals surface area contributed by atoms with Gasteiger partial charge in [-0.05, 0) is 62.0 Å². The lowest BCUT2D eigenvalue weighted by atomic mass is 9.97. The molecule has 0 aliphatic rings. The van der Waals surface area contributed by atoms with E-state index in [1.165, 1.54) is 0 Å². The molecule has 2 aromatic carbocycles. The zero-order valence-corrected chi connectivity index (χ0v) is 19.6. The fourth-order valence-electron chi connectivity index (χ4n) is 3.28. The topological polar surface area (TPSA) is 70.7 Å². The first-order valence-electron chi connectivity index (χ1n) is 10.4. The van der Waals surface area contributed by atoms with Gasteiger partial charge in [0, 0.05) is 17.1 Å². The summed E-state index contributed by atoms with van der Waals surface area (Å²) in [5, 5.41) is 6.47. The van der Waals surface area contributed by atoms with Crippen LogP contribution in [0.3, 0.4) is 0 Å². The van der Waals surface area contributed by atoms with E-state index in [2.05, 4.69) is 10.6 Å². The van der Waals surface area contributed by atoms with Crippen molar-refractivity contribution in [2.24, 2.45) is 5.92 Å². The Balaban J connectivity index is 2.11. The second kappa shape index (κ2) is 11.7. The molecule has 3 unspecified atom stereocenters. The molecule has 7 heteroatoms. The highest BCUT2D eigenvalue weighted by Gasteiger charge is 2.27. The third-order valence-corrected chi connectivity index (χ3v) is 5.71. The molecule has 0 radical (unpaired) electrons. The number of halogens is 1. The molecule has 31 heavy (non-hydrogen) atoms. The van der Waals surface area contributed by atoms with E-state index < -0.39 is 6.04 Å². The van der Waals surface area contributed by atoms with E-state index in [1.54, 1.807) is 31.4 Å². The fourth-order valence-corrected chi connectivity index (χ4v) is 3.41. The highest BCUT2D eigenvalue weighted by molar-refractivity contribution is 6.30. The largest absolute Gasteiger partial charge is 0.497 e. The van der Waals surface area contributed by atoms with Gasteiger partial charge in [-0.15, -0.1) is 0 Å². The van der Waals surface area contributed by atoms with Crippen molar-refractivity contribution in [3.8, 4) is 5.75 Å². The quantitative estimate of drug-likeness (QED) is 0.581. The molecule has 2 N–H and O–H groups in total. The number of carbonyl (C=O) groups is 2. The van der Waals surface area contributed by atoms with Crippen LogP contribution < -0.4 is 15.4 Å². The minimum Gasteiger partial charge on any atom is -0.497 e. The molecule has 0 spiro atoms. The number of hydrogen-bond donors (Lipinski definition) is 2. The number of benzene rings is 2. The number of ether oxygens (including phenoxy) is 1. The highest BCUT2D eigenvalue weighted by Crippen LogP contribution is 2.22. The number of hydrogen-bond acceptors (Lipinski definition) is 4. The van der Waals surface area contributed by atoms with Crippen molar-refractivity contribution in [3.05, 3.63) is 64.7 Å². The van der Waals surface area contributed by atoms with Crippen molar-refractivity contribution in [3.63, 3.8) is 0 Å². The lowest BCUT2D eigenvalue weighted by Gasteiger charge is -2.28. The van der Waals surface area contributed by atoms with Crippen LogP contribution >= 0.6 is 11.6 Å². The first kappa shape index (κ1) is 24.7. The Hall–Kier alpha value is -2.57. The van der Waals surface area contributed by atoms with Crippen molar-refractivity contribution in [2.75, 3.05) is 27.7 Å². The van der Waals surface area contributed by atoms with Gasteiger partial charge in [0.25, 0.3) is 5.91 Å². The zero-order chi connectivity index (χ0) is 23.0. The molecule has 6 nitrogen and oxygen atoms in total. The van der Waals surface area contributed by atoms with Gasteiger partial charge in [-0.25, -0.2) is 0 Å². The summed E-state index contributed by atoms with van der Waals surface area (Å²) >= 11 is 5.90. The van der Waals surface area contributed by atoms with Crippen LogP contribution in [0.15, 0.2) is 48.5 Å². The molecule has 2 amide bonds. The first-order valence-corrected chi connectivity index (χ1v) is 10.8. The Morgan fingerprint density at radius 3 is 2.39 bits per heavy atom. The number of likely N-dealkylation sites (N-methyl/N-ethyl adjacent to an activating group) is 1. The van der Waals surface area contributed by atoms with Crippen LogP contribution in [0.1, 0.15) is 42.2 Å². The Morgan fingerprint density at radius 2 is 1.81 bits per heavy atom. The molecule has 2 aromatic rings. The first-order chi connectivity index (χ1) is 14.8. The van der Waals surface area contributed by atoms with Crippen LogP contribution in [-0.2, 0) is 4.79 Å². The maximum atomic E-state index is 13.1. The number of nitrogens with one attached hydrogen (secondary N) is 2. The standard InChI is InChI=1S/C24H32ClN3O3/c1-6-16(2)22(27-23(29)17-10-12-19(25)13-11-17)24(30)26-15-21(28(3)4)18-8-7-9-20(14-18)31-5/h7-14,16,21-22H,6,15H2,1-5H3,(H,26,30)(H,27,29). The van der Waals surface area contributed by atoms with Crippen LogP contribution in [0, 0.1) is 5.92 Å². The smallest absolute Gasteiger partial charge is 0.251 e. The highest BCUT2D eigenvalue weighted by atomic mass is 35.5. The Morgan fingerprint density at radius 1 is 1.13 bits per heavy atom. The van der Waals surface area contributed by atoms with Gasteiger partial charge in [0.2, 0.25) is 5.91 Å². The molecular weight excluding hydrogens is 414 g/mol. The molecule has 0 bridgehead atoms. The fraction of sp³-hybridized carbons (Fsp3) is 0.417. The van der Waals surface area contributed by atoms with Gasteiger partial charge in [-0.3, -0.25) is 9.59 Å². The predicted octanol–water partition coefficient (Wildman–Crippen LogP) is 3.91. The van der Waals surface area contributed by atoms with E-state index in [4.69, 9.17) is 16.3 Å². The van der Waals surface area contributed by atoms with E-state index in [9.17, 15) is 9.59 Å². The lowest BCUT2D eigenvalue weighted by Crippen LogP contribution is -2.51. The monoisotopic (exact) mass is 445 g/mol. The van der Waals surface area contributed by atoms with E-state index in [-0.39, 0.29) is 23.8 Å². The average Bonchev–Trinajstić information content (AvgIpc) is 2.77. The molecular formula is C24H32ClN3O3. The summed E-state index contributed by atoms with van der Waals surface area (Å²) in [5.41, 5.74) is 1.50. The predicted molar refractivity (Wildman–Crippen MR) is 125 cm³/mol. The van der Waals surface area contributed by atoms with Crippen LogP contribution in [0.25, 0.3) is 0 Å². The van der Waals surface area contributed by atoms with Crippen LogP contribution in [0.4, 0.5) is 0 Å². The summed E-state index contributed by atoms with van der Waals surface area (Å²) in [5.74, 6) is 0.245. The van der Waals surface area contributed by atoms with E-state index >= 15 is 0 Å². The van der Waals surface area contributed by atoms with Gasteiger partial charge >= 0.3 is 0 Å². The molecule has 0 aliphatic carbocycles. The molecule has 0 saturated carbocycles. The van der Waals surface area contributed by atoms with E-state index in [0.717, 1.165) is 17.7 Å². The third-order valence-electron chi connectivity index (χ3n) is 5.46. The molecule has 0 aromatic heterocycles.